The molecule has 0 aliphatic carbocycles. The van der Waals surface area contributed by atoms with Crippen LogP contribution in [0.25, 0.3) is 10.9 Å². The molecule has 2 N–H and O–H groups in total. The fourth-order valence-electron chi connectivity index (χ4n) is 1.84. The first-order valence-corrected chi connectivity index (χ1v) is 6.11. The van der Waals surface area contributed by atoms with Gasteiger partial charge in [-0.05, 0) is 24.3 Å². The van der Waals surface area contributed by atoms with Crippen LogP contribution in [0.2, 0.25) is 5.15 Å². The molecule has 0 saturated carbocycles. The number of para-hydroxylation sites is 1. The van der Waals surface area contributed by atoms with Crippen molar-refractivity contribution in [2.75, 3.05) is 5.32 Å². The third-order valence-corrected chi connectivity index (χ3v) is 2.98. The van der Waals surface area contributed by atoms with Crippen LogP contribution in [0.5, 0.6) is 0 Å². The van der Waals surface area contributed by atoms with Crippen molar-refractivity contribution >= 4 is 34.1 Å². The summed E-state index contributed by atoms with van der Waals surface area (Å²) in [5, 5.41) is 4.15. The van der Waals surface area contributed by atoms with Crippen LogP contribution >= 0.6 is 11.6 Å². The van der Waals surface area contributed by atoms with Crippen molar-refractivity contribution in [1.82, 2.24) is 9.97 Å². The molecule has 0 aliphatic heterocycles. The molecule has 0 bridgehead atoms. The molecule has 19 heavy (non-hydrogen) atoms. The molecule has 0 unspecified atom stereocenters. The number of hydrogen-bond acceptors (Lipinski definition) is 2. The standard InChI is InChI=1S/C14H10ClN3O/c15-13-6-5-10(8-16-13)17-14(19)12-7-9-3-1-2-4-11(9)18-12/h1-8,18H,(H,17,19). The lowest BCUT2D eigenvalue weighted by Crippen LogP contribution is -2.12. The number of rotatable bonds is 2. The summed E-state index contributed by atoms with van der Waals surface area (Å²) in [6.45, 7) is 0. The predicted octanol–water partition coefficient (Wildman–Crippen LogP) is 3.47. The molecule has 94 valence electrons. The number of fused-ring (bicyclic) bond motifs is 1. The van der Waals surface area contributed by atoms with Gasteiger partial charge in [-0.25, -0.2) is 4.98 Å². The Morgan fingerprint density at radius 3 is 2.79 bits per heavy atom. The van der Waals surface area contributed by atoms with Crippen molar-refractivity contribution in [3.63, 3.8) is 0 Å². The molecular formula is C14H10ClN3O. The van der Waals surface area contributed by atoms with Crippen LogP contribution in [-0.4, -0.2) is 15.9 Å². The van der Waals surface area contributed by atoms with Gasteiger partial charge in [-0.3, -0.25) is 4.79 Å². The molecule has 0 fully saturated rings. The van der Waals surface area contributed by atoms with Gasteiger partial charge in [0, 0.05) is 10.9 Å². The maximum Gasteiger partial charge on any atom is 0.272 e. The minimum atomic E-state index is -0.208. The number of pyridine rings is 1. The zero-order chi connectivity index (χ0) is 13.2. The van der Waals surface area contributed by atoms with Crippen molar-refractivity contribution in [3.05, 3.63) is 59.5 Å². The molecule has 4 nitrogen and oxygen atoms in total. The third-order valence-electron chi connectivity index (χ3n) is 2.76. The number of H-pyrrole nitrogens is 1. The monoisotopic (exact) mass is 271 g/mol. The van der Waals surface area contributed by atoms with Crippen LogP contribution in [0, 0.1) is 0 Å². The van der Waals surface area contributed by atoms with Gasteiger partial charge in [0.1, 0.15) is 10.8 Å². The van der Waals surface area contributed by atoms with E-state index >= 15 is 0 Å². The molecule has 0 spiro atoms. The lowest BCUT2D eigenvalue weighted by Gasteiger charge is -2.02. The number of hydrogen-bond donors (Lipinski definition) is 2. The molecule has 2 aromatic heterocycles. The van der Waals surface area contributed by atoms with Gasteiger partial charge < -0.3 is 10.3 Å². The van der Waals surface area contributed by atoms with Crippen LogP contribution in [0.3, 0.4) is 0 Å². The normalized spacial score (nSPS) is 10.6. The molecule has 0 aliphatic rings. The highest BCUT2D eigenvalue weighted by molar-refractivity contribution is 6.29. The topological polar surface area (TPSA) is 57.8 Å². The van der Waals surface area contributed by atoms with E-state index < -0.39 is 0 Å². The van der Waals surface area contributed by atoms with E-state index in [1.54, 1.807) is 12.1 Å². The van der Waals surface area contributed by atoms with Crippen molar-refractivity contribution in [3.8, 4) is 0 Å². The summed E-state index contributed by atoms with van der Waals surface area (Å²) in [6, 6.07) is 12.9. The van der Waals surface area contributed by atoms with Crippen molar-refractivity contribution in [2.24, 2.45) is 0 Å². The van der Waals surface area contributed by atoms with Gasteiger partial charge in [0.15, 0.2) is 0 Å². The molecule has 0 atom stereocenters. The highest BCUT2D eigenvalue weighted by atomic mass is 35.5. The van der Waals surface area contributed by atoms with Crippen LogP contribution in [-0.2, 0) is 0 Å². The van der Waals surface area contributed by atoms with E-state index in [2.05, 4.69) is 15.3 Å². The van der Waals surface area contributed by atoms with E-state index in [4.69, 9.17) is 11.6 Å². The van der Waals surface area contributed by atoms with Crippen LogP contribution in [0.4, 0.5) is 5.69 Å². The Hall–Kier alpha value is -2.33. The fourth-order valence-corrected chi connectivity index (χ4v) is 1.96. The molecule has 1 aromatic carbocycles. The minimum absolute atomic E-state index is 0.208. The van der Waals surface area contributed by atoms with Crippen molar-refractivity contribution < 1.29 is 4.79 Å². The summed E-state index contributed by atoms with van der Waals surface area (Å²) in [7, 11) is 0. The van der Waals surface area contributed by atoms with Gasteiger partial charge in [0.25, 0.3) is 5.91 Å². The summed E-state index contributed by atoms with van der Waals surface area (Å²) in [6.07, 6.45) is 1.52. The summed E-state index contributed by atoms with van der Waals surface area (Å²) < 4.78 is 0. The quantitative estimate of drug-likeness (QED) is 0.701. The maximum absolute atomic E-state index is 12.1. The molecule has 3 rings (SSSR count). The van der Waals surface area contributed by atoms with Gasteiger partial charge in [0.05, 0.1) is 11.9 Å². The SMILES string of the molecule is O=C(Nc1ccc(Cl)nc1)c1cc2ccccc2[nH]1. The Balaban J connectivity index is 1.85. The van der Waals surface area contributed by atoms with Gasteiger partial charge in [-0.15, -0.1) is 0 Å². The average Bonchev–Trinajstić information content (AvgIpc) is 2.85. The fraction of sp³-hybridized carbons (Fsp3) is 0. The summed E-state index contributed by atoms with van der Waals surface area (Å²) >= 11 is 5.69. The van der Waals surface area contributed by atoms with E-state index in [1.807, 2.05) is 30.3 Å². The van der Waals surface area contributed by atoms with Crippen molar-refractivity contribution in [2.45, 2.75) is 0 Å². The van der Waals surface area contributed by atoms with Crippen molar-refractivity contribution in [1.29, 1.82) is 0 Å². The molecular weight excluding hydrogens is 262 g/mol. The lowest BCUT2D eigenvalue weighted by molar-refractivity contribution is 0.102. The second-order valence-corrected chi connectivity index (χ2v) is 4.48. The number of benzene rings is 1. The van der Waals surface area contributed by atoms with E-state index in [9.17, 15) is 4.79 Å². The van der Waals surface area contributed by atoms with Crippen LogP contribution < -0.4 is 5.32 Å². The van der Waals surface area contributed by atoms with E-state index in [0.29, 0.717) is 16.5 Å². The van der Waals surface area contributed by atoms with Gasteiger partial charge >= 0.3 is 0 Å². The molecule has 1 amide bonds. The number of nitrogens with zero attached hydrogens (tertiary/aromatic N) is 1. The summed E-state index contributed by atoms with van der Waals surface area (Å²) in [5.74, 6) is -0.208. The highest BCUT2D eigenvalue weighted by Gasteiger charge is 2.09. The van der Waals surface area contributed by atoms with E-state index in [1.165, 1.54) is 6.20 Å². The number of anilines is 1. The summed E-state index contributed by atoms with van der Waals surface area (Å²) in [5.41, 5.74) is 2.05. The number of aromatic nitrogens is 2. The predicted molar refractivity (Wildman–Crippen MR) is 75.5 cm³/mol. The highest BCUT2D eigenvalue weighted by Crippen LogP contribution is 2.16. The van der Waals surface area contributed by atoms with Gasteiger partial charge in [0.2, 0.25) is 0 Å². The van der Waals surface area contributed by atoms with E-state index in [0.717, 1.165) is 10.9 Å². The molecule has 0 radical (unpaired) electrons. The number of carbonyl (C=O) groups is 1. The van der Waals surface area contributed by atoms with Crippen LogP contribution in [0.15, 0.2) is 48.7 Å². The molecule has 2 heterocycles. The van der Waals surface area contributed by atoms with Gasteiger partial charge in [-0.1, -0.05) is 29.8 Å². The number of amides is 1. The molecule has 0 saturated heterocycles. The smallest absolute Gasteiger partial charge is 0.272 e. The largest absolute Gasteiger partial charge is 0.351 e. The first-order chi connectivity index (χ1) is 9.22. The maximum atomic E-state index is 12.1. The Kier molecular flexibility index (Phi) is 2.93. The Morgan fingerprint density at radius 1 is 1.21 bits per heavy atom. The summed E-state index contributed by atoms with van der Waals surface area (Å²) in [4.78, 5) is 19.0. The first-order valence-electron chi connectivity index (χ1n) is 5.73. The first kappa shape index (κ1) is 11.7. The zero-order valence-corrected chi connectivity index (χ0v) is 10.6. The number of halogens is 1. The average molecular weight is 272 g/mol. The minimum Gasteiger partial charge on any atom is -0.351 e. The number of aromatic amines is 1. The lowest BCUT2D eigenvalue weighted by atomic mass is 10.2. The Bertz CT molecular complexity index is 701. The number of carbonyl (C=O) groups excluding carboxylic acids is 1. The third kappa shape index (κ3) is 2.44. The zero-order valence-electron chi connectivity index (χ0n) is 9.85. The molecule has 3 aromatic rings. The second kappa shape index (κ2) is 4.74. The second-order valence-electron chi connectivity index (χ2n) is 4.09. The van der Waals surface area contributed by atoms with E-state index in [-0.39, 0.29) is 5.91 Å². The van der Waals surface area contributed by atoms with Gasteiger partial charge in [-0.2, -0.15) is 0 Å². The Labute approximate surface area is 114 Å². The Morgan fingerprint density at radius 2 is 2.05 bits per heavy atom. The number of nitrogens with one attached hydrogen (secondary N) is 2. The molecule has 5 heteroatoms. The van der Waals surface area contributed by atoms with Crippen LogP contribution in [0.1, 0.15) is 10.5 Å².